The van der Waals surface area contributed by atoms with Crippen molar-refractivity contribution in [2.75, 3.05) is 38.1 Å². The summed E-state index contributed by atoms with van der Waals surface area (Å²) in [6.45, 7) is 3.44. The van der Waals surface area contributed by atoms with Crippen molar-refractivity contribution < 1.29 is 13.9 Å². The lowest BCUT2D eigenvalue weighted by atomic mass is 10.2. The first kappa shape index (κ1) is 16.4. The first-order chi connectivity index (χ1) is 11.8. The smallest absolute Gasteiger partial charge is 0.234 e. The number of morpholine rings is 1. The first-order valence-electron chi connectivity index (χ1n) is 7.94. The summed E-state index contributed by atoms with van der Waals surface area (Å²) in [6, 6.07) is 7.32. The average Bonchev–Trinajstić information content (AvgIpc) is 3.13. The molecular formula is C16H21N5O3. The molecule has 0 bridgehead atoms. The zero-order chi connectivity index (χ0) is 16.6. The number of furan rings is 1. The van der Waals surface area contributed by atoms with Crippen LogP contribution in [-0.4, -0.2) is 59.9 Å². The minimum absolute atomic E-state index is 0.0126. The quantitative estimate of drug-likeness (QED) is 0.763. The molecule has 0 aromatic carbocycles. The highest BCUT2D eigenvalue weighted by Crippen LogP contribution is 2.07. The summed E-state index contributed by atoms with van der Waals surface area (Å²) >= 11 is 0. The van der Waals surface area contributed by atoms with Gasteiger partial charge in [0.25, 0.3) is 0 Å². The van der Waals surface area contributed by atoms with E-state index in [4.69, 9.17) is 9.15 Å². The Balaban J connectivity index is 1.39. The number of rotatable bonds is 7. The van der Waals surface area contributed by atoms with Gasteiger partial charge in [0.1, 0.15) is 11.6 Å². The van der Waals surface area contributed by atoms with Gasteiger partial charge in [0, 0.05) is 25.8 Å². The summed E-state index contributed by atoms with van der Waals surface area (Å²) in [7, 11) is 0. The molecule has 0 aliphatic carbocycles. The van der Waals surface area contributed by atoms with Gasteiger partial charge in [0.15, 0.2) is 0 Å². The first-order valence-corrected chi connectivity index (χ1v) is 7.94. The third kappa shape index (κ3) is 5.04. The summed E-state index contributed by atoms with van der Waals surface area (Å²) in [5.74, 6) is 1.44. The molecule has 128 valence electrons. The number of aromatic nitrogens is 2. The molecule has 3 heterocycles. The van der Waals surface area contributed by atoms with Crippen LogP contribution in [0.5, 0.6) is 0 Å². The Bertz CT molecular complexity index is 620. The van der Waals surface area contributed by atoms with E-state index in [1.807, 2.05) is 18.2 Å². The van der Waals surface area contributed by atoms with Crippen LogP contribution in [0.3, 0.4) is 0 Å². The SMILES string of the molecule is O=C(CN1CCOC(CNc2cccnn2)C1)NCc1ccco1. The van der Waals surface area contributed by atoms with Gasteiger partial charge in [0.2, 0.25) is 5.91 Å². The molecule has 2 aromatic rings. The Hall–Kier alpha value is -2.45. The summed E-state index contributed by atoms with van der Waals surface area (Å²) in [4.78, 5) is 14.1. The van der Waals surface area contributed by atoms with Crippen LogP contribution in [0.15, 0.2) is 41.1 Å². The van der Waals surface area contributed by atoms with E-state index in [0.717, 1.165) is 18.1 Å². The van der Waals surface area contributed by atoms with Crippen LogP contribution in [0.4, 0.5) is 5.82 Å². The van der Waals surface area contributed by atoms with Crippen molar-refractivity contribution in [1.82, 2.24) is 20.4 Å². The number of amides is 1. The van der Waals surface area contributed by atoms with Crippen molar-refractivity contribution in [2.45, 2.75) is 12.6 Å². The standard InChI is InChI=1S/C16H21N5O3/c22-16(18-9-13-3-2-7-23-13)12-21-6-8-24-14(11-21)10-17-15-4-1-5-19-20-15/h1-5,7,14H,6,8-12H2,(H,17,20)(H,18,22). The largest absolute Gasteiger partial charge is 0.467 e. The Labute approximate surface area is 140 Å². The lowest BCUT2D eigenvalue weighted by Gasteiger charge is -2.32. The summed E-state index contributed by atoms with van der Waals surface area (Å²) < 4.78 is 10.9. The van der Waals surface area contributed by atoms with Crippen LogP contribution >= 0.6 is 0 Å². The molecule has 0 saturated carbocycles. The zero-order valence-electron chi connectivity index (χ0n) is 13.4. The van der Waals surface area contributed by atoms with E-state index in [0.29, 0.717) is 32.8 Å². The van der Waals surface area contributed by atoms with Crippen molar-refractivity contribution in [2.24, 2.45) is 0 Å². The number of nitrogens with one attached hydrogen (secondary N) is 2. The summed E-state index contributed by atoms with van der Waals surface area (Å²) in [5.41, 5.74) is 0. The maximum atomic E-state index is 12.0. The highest BCUT2D eigenvalue weighted by molar-refractivity contribution is 5.77. The van der Waals surface area contributed by atoms with Gasteiger partial charge in [-0.15, -0.1) is 5.10 Å². The van der Waals surface area contributed by atoms with Crippen molar-refractivity contribution in [3.63, 3.8) is 0 Å². The fourth-order valence-electron chi connectivity index (χ4n) is 2.52. The highest BCUT2D eigenvalue weighted by atomic mass is 16.5. The average molecular weight is 331 g/mol. The van der Waals surface area contributed by atoms with Gasteiger partial charge in [-0.05, 0) is 24.3 Å². The molecule has 1 atom stereocenters. The number of anilines is 1. The zero-order valence-corrected chi connectivity index (χ0v) is 13.4. The predicted molar refractivity (Wildman–Crippen MR) is 87.3 cm³/mol. The van der Waals surface area contributed by atoms with E-state index in [2.05, 4.69) is 25.7 Å². The molecule has 8 heteroatoms. The lowest BCUT2D eigenvalue weighted by Crippen LogP contribution is -2.48. The third-order valence-electron chi connectivity index (χ3n) is 3.71. The molecule has 1 aliphatic heterocycles. The molecule has 8 nitrogen and oxygen atoms in total. The minimum atomic E-state index is -0.0195. The normalized spacial score (nSPS) is 18.2. The van der Waals surface area contributed by atoms with E-state index in [1.54, 1.807) is 18.5 Å². The van der Waals surface area contributed by atoms with E-state index in [-0.39, 0.29) is 12.0 Å². The second kappa shape index (κ2) is 8.42. The van der Waals surface area contributed by atoms with Gasteiger partial charge < -0.3 is 19.8 Å². The second-order valence-electron chi connectivity index (χ2n) is 5.57. The van der Waals surface area contributed by atoms with E-state index in [9.17, 15) is 4.79 Å². The molecule has 24 heavy (non-hydrogen) atoms. The fraction of sp³-hybridized carbons (Fsp3) is 0.438. The molecule has 1 unspecified atom stereocenters. The fourth-order valence-corrected chi connectivity index (χ4v) is 2.52. The van der Waals surface area contributed by atoms with Gasteiger partial charge in [-0.25, -0.2) is 0 Å². The Morgan fingerprint density at radius 2 is 2.33 bits per heavy atom. The van der Waals surface area contributed by atoms with Crippen LogP contribution in [0.2, 0.25) is 0 Å². The molecule has 1 fully saturated rings. The van der Waals surface area contributed by atoms with Gasteiger partial charge in [-0.1, -0.05) is 0 Å². The number of hydrogen-bond donors (Lipinski definition) is 2. The molecule has 0 radical (unpaired) electrons. The maximum Gasteiger partial charge on any atom is 0.234 e. The molecule has 0 spiro atoms. The number of carbonyl (C=O) groups excluding carboxylic acids is 1. The molecule has 2 N–H and O–H groups in total. The number of nitrogens with zero attached hydrogens (tertiary/aromatic N) is 3. The maximum absolute atomic E-state index is 12.0. The number of ether oxygens (including phenoxy) is 1. The third-order valence-corrected chi connectivity index (χ3v) is 3.71. The van der Waals surface area contributed by atoms with Crippen LogP contribution < -0.4 is 10.6 Å². The van der Waals surface area contributed by atoms with Gasteiger partial charge >= 0.3 is 0 Å². The van der Waals surface area contributed by atoms with E-state index < -0.39 is 0 Å². The van der Waals surface area contributed by atoms with Gasteiger partial charge in [-0.3, -0.25) is 9.69 Å². The van der Waals surface area contributed by atoms with Crippen LogP contribution in [0.25, 0.3) is 0 Å². The van der Waals surface area contributed by atoms with Crippen molar-refractivity contribution in [3.05, 3.63) is 42.5 Å². The van der Waals surface area contributed by atoms with Crippen molar-refractivity contribution in [1.29, 1.82) is 0 Å². The van der Waals surface area contributed by atoms with Gasteiger partial charge in [0.05, 0.1) is 32.1 Å². The van der Waals surface area contributed by atoms with Crippen molar-refractivity contribution >= 4 is 11.7 Å². The predicted octanol–water partition coefficient (Wildman–Crippen LogP) is 0.499. The molecule has 3 rings (SSSR count). The monoisotopic (exact) mass is 331 g/mol. The van der Waals surface area contributed by atoms with Crippen molar-refractivity contribution in [3.8, 4) is 0 Å². The molecular weight excluding hydrogens is 310 g/mol. The topological polar surface area (TPSA) is 92.5 Å². The summed E-state index contributed by atoms with van der Waals surface area (Å²) in [6.07, 6.45) is 3.24. The Morgan fingerprint density at radius 1 is 1.38 bits per heavy atom. The van der Waals surface area contributed by atoms with Crippen LogP contribution in [0, 0.1) is 0 Å². The lowest BCUT2D eigenvalue weighted by molar-refractivity contribution is -0.124. The molecule has 2 aromatic heterocycles. The number of hydrogen-bond acceptors (Lipinski definition) is 7. The molecule has 1 amide bonds. The Morgan fingerprint density at radius 3 is 3.12 bits per heavy atom. The Kier molecular flexibility index (Phi) is 5.75. The number of carbonyl (C=O) groups is 1. The van der Waals surface area contributed by atoms with Gasteiger partial charge in [-0.2, -0.15) is 5.10 Å². The second-order valence-corrected chi connectivity index (χ2v) is 5.57. The van der Waals surface area contributed by atoms with E-state index >= 15 is 0 Å². The minimum Gasteiger partial charge on any atom is -0.467 e. The molecule has 1 saturated heterocycles. The summed E-state index contributed by atoms with van der Waals surface area (Å²) in [5, 5.41) is 13.8. The van der Waals surface area contributed by atoms with Crippen LogP contribution in [-0.2, 0) is 16.1 Å². The molecule has 1 aliphatic rings. The van der Waals surface area contributed by atoms with Crippen LogP contribution in [0.1, 0.15) is 5.76 Å². The van der Waals surface area contributed by atoms with E-state index in [1.165, 1.54) is 0 Å². The highest BCUT2D eigenvalue weighted by Gasteiger charge is 2.22.